The van der Waals surface area contributed by atoms with Crippen LogP contribution in [0.1, 0.15) is 30.4 Å². The predicted octanol–water partition coefficient (Wildman–Crippen LogP) is 0.586. The van der Waals surface area contributed by atoms with E-state index < -0.39 is 0 Å². The fraction of sp³-hybridized carbons (Fsp3) is 0.611. The first kappa shape index (κ1) is 16.8. The van der Waals surface area contributed by atoms with E-state index in [0.29, 0.717) is 18.6 Å². The molecule has 0 bridgehead atoms. The Kier molecular flexibility index (Phi) is 4.89. The highest BCUT2D eigenvalue weighted by Crippen LogP contribution is 2.30. The molecule has 2 atom stereocenters. The first-order chi connectivity index (χ1) is 12.2. The van der Waals surface area contributed by atoms with E-state index in [2.05, 4.69) is 26.7 Å². The summed E-state index contributed by atoms with van der Waals surface area (Å²) in [5.74, 6) is 0.566. The molecule has 0 spiro atoms. The third-order valence-corrected chi connectivity index (χ3v) is 5.44. The van der Waals surface area contributed by atoms with Crippen molar-refractivity contribution in [3.05, 3.63) is 28.5 Å². The van der Waals surface area contributed by atoms with Gasteiger partial charge in [0.25, 0.3) is 0 Å². The van der Waals surface area contributed by atoms with Gasteiger partial charge in [-0.3, -0.25) is 4.90 Å². The van der Waals surface area contributed by atoms with E-state index in [1.807, 2.05) is 6.07 Å². The predicted molar refractivity (Wildman–Crippen MR) is 98.0 cm³/mol. The van der Waals surface area contributed by atoms with Crippen LogP contribution < -0.4 is 15.9 Å². The Morgan fingerprint density at radius 2 is 2.16 bits per heavy atom. The second kappa shape index (κ2) is 7.29. The molecule has 7 nitrogen and oxygen atoms in total. The molecule has 25 heavy (non-hydrogen) atoms. The van der Waals surface area contributed by atoms with E-state index >= 15 is 0 Å². The second-order valence-electron chi connectivity index (χ2n) is 7.13. The van der Waals surface area contributed by atoms with Crippen LogP contribution in [0.25, 0.3) is 0 Å². The molecule has 1 aromatic carbocycles. The Labute approximate surface area is 148 Å². The summed E-state index contributed by atoms with van der Waals surface area (Å²) in [6, 6.07) is 4.16. The summed E-state index contributed by atoms with van der Waals surface area (Å²) in [4.78, 5) is 6.94. The molecule has 0 saturated carbocycles. The van der Waals surface area contributed by atoms with Gasteiger partial charge >= 0.3 is 0 Å². The lowest BCUT2D eigenvalue weighted by molar-refractivity contribution is -0.816. The normalized spacial score (nSPS) is 27.5. The number of fused-ring (bicyclic) bond motifs is 2. The Morgan fingerprint density at radius 1 is 1.32 bits per heavy atom. The molecular formula is C18H27N5O2. The smallest absolute Gasteiger partial charge is 0.243 e. The number of nitrogens with one attached hydrogen (secondary N) is 3. The number of benzene rings is 1. The van der Waals surface area contributed by atoms with Gasteiger partial charge in [0.2, 0.25) is 5.96 Å². The monoisotopic (exact) mass is 345 g/mol. The number of hydrogen-bond donors (Lipinski definition) is 3. The maximum Gasteiger partial charge on any atom is 0.243 e. The number of aliphatic imine (C=N–C) groups is 1. The summed E-state index contributed by atoms with van der Waals surface area (Å²) >= 11 is 0. The molecule has 1 saturated heterocycles. The van der Waals surface area contributed by atoms with Gasteiger partial charge in [0.05, 0.1) is 12.6 Å². The van der Waals surface area contributed by atoms with Gasteiger partial charge in [-0.25, -0.2) is 10.2 Å². The third-order valence-electron chi connectivity index (χ3n) is 5.44. The van der Waals surface area contributed by atoms with Crippen LogP contribution in [-0.4, -0.2) is 50.3 Å². The van der Waals surface area contributed by atoms with Crippen molar-refractivity contribution < 1.29 is 9.91 Å². The topological polar surface area (TPSA) is 76.4 Å². The zero-order chi connectivity index (χ0) is 17.2. The molecule has 0 radical (unpaired) electrons. The van der Waals surface area contributed by atoms with Crippen molar-refractivity contribution in [3.8, 4) is 0 Å². The lowest BCUT2D eigenvalue weighted by atomic mass is 10.1. The fourth-order valence-electron chi connectivity index (χ4n) is 4.04. The average molecular weight is 345 g/mol. The summed E-state index contributed by atoms with van der Waals surface area (Å²) < 4.78 is 5.46. The number of anilines is 1. The first-order valence-corrected chi connectivity index (χ1v) is 9.26. The van der Waals surface area contributed by atoms with Crippen LogP contribution >= 0.6 is 0 Å². The van der Waals surface area contributed by atoms with E-state index in [9.17, 15) is 5.21 Å². The number of aryl methyl sites for hydroxylation is 2. The minimum Gasteiger partial charge on any atom is -0.603 e. The maximum absolute atomic E-state index is 12.4. The van der Waals surface area contributed by atoms with E-state index in [4.69, 9.17) is 4.74 Å². The number of piperidine rings is 1. The zero-order valence-electron chi connectivity index (χ0n) is 14.8. The molecule has 4 rings (SSSR count). The highest BCUT2D eigenvalue weighted by molar-refractivity contribution is 5.96. The van der Waals surface area contributed by atoms with Gasteiger partial charge < -0.3 is 15.3 Å². The van der Waals surface area contributed by atoms with Crippen molar-refractivity contribution in [3.63, 3.8) is 0 Å². The van der Waals surface area contributed by atoms with E-state index in [1.54, 1.807) is 7.11 Å². The quantitative estimate of drug-likeness (QED) is 0.696. The van der Waals surface area contributed by atoms with Gasteiger partial charge in [-0.15, -0.1) is 0 Å². The Bertz CT molecular complexity index is 663. The Balaban J connectivity index is 1.38. The van der Waals surface area contributed by atoms with Crippen molar-refractivity contribution in [2.24, 2.45) is 4.99 Å². The molecule has 0 aromatic heterocycles. The second-order valence-corrected chi connectivity index (χ2v) is 7.13. The summed E-state index contributed by atoms with van der Waals surface area (Å²) in [5, 5.41) is 15.6. The minimum atomic E-state index is -0.0559. The Morgan fingerprint density at radius 3 is 3.00 bits per heavy atom. The number of likely N-dealkylation sites (tertiary alicyclic amines) is 1. The molecule has 7 heteroatoms. The summed E-state index contributed by atoms with van der Waals surface area (Å²) in [5.41, 5.74) is 7.18. The lowest BCUT2D eigenvalue weighted by Crippen LogP contribution is -3.11. The SMILES string of the molecule is COC1CCCN(CCN=C2Nc3cc4c(cc3[NH+]([O-])N2)CCC4)C1. The van der Waals surface area contributed by atoms with Crippen LogP contribution in [0.3, 0.4) is 0 Å². The van der Waals surface area contributed by atoms with Crippen molar-refractivity contribution in [2.45, 2.75) is 38.2 Å². The number of nitrogens with zero attached hydrogens (tertiary/aromatic N) is 2. The van der Waals surface area contributed by atoms with Gasteiger partial charge in [0.15, 0.2) is 5.69 Å². The highest BCUT2D eigenvalue weighted by atomic mass is 16.5. The van der Waals surface area contributed by atoms with Gasteiger partial charge in [0.1, 0.15) is 5.69 Å². The van der Waals surface area contributed by atoms with Crippen LogP contribution in [0.15, 0.2) is 17.1 Å². The van der Waals surface area contributed by atoms with E-state index in [0.717, 1.165) is 50.3 Å². The lowest BCUT2D eigenvalue weighted by Gasteiger charge is -2.32. The van der Waals surface area contributed by atoms with Crippen molar-refractivity contribution in [1.29, 1.82) is 0 Å². The number of ether oxygens (including phenoxy) is 1. The molecule has 1 fully saturated rings. The number of guanidine groups is 1. The molecule has 3 aliphatic rings. The van der Waals surface area contributed by atoms with Gasteiger partial charge in [-0.1, -0.05) is 0 Å². The molecule has 136 valence electrons. The number of hydrogen-bond acceptors (Lipinski definition) is 4. The first-order valence-electron chi connectivity index (χ1n) is 9.26. The fourth-order valence-corrected chi connectivity index (χ4v) is 4.04. The third kappa shape index (κ3) is 3.64. The molecule has 3 N–H and O–H groups in total. The standard InChI is InChI=1S/C18H27N5O2/c1-25-15-6-3-8-22(12-15)9-7-19-18-20-16-10-13-4-2-5-14(13)11-17(16)23(24)21-18/h10-11,15,23H,2-9,12H2,1H3,(H2,19,20,21). The zero-order valence-corrected chi connectivity index (χ0v) is 14.8. The van der Waals surface area contributed by atoms with Gasteiger partial charge in [-0.2, -0.15) is 5.43 Å². The molecule has 1 aromatic rings. The molecular weight excluding hydrogens is 318 g/mol. The summed E-state index contributed by atoms with van der Waals surface area (Å²) in [7, 11) is 1.78. The van der Waals surface area contributed by atoms with Crippen LogP contribution in [0.4, 0.5) is 11.4 Å². The molecule has 1 aliphatic carbocycles. The van der Waals surface area contributed by atoms with Crippen LogP contribution in [0.5, 0.6) is 0 Å². The summed E-state index contributed by atoms with van der Waals surface area (Å²) in [6.07, 6.45) is 6.01. The molecule has 2 unspecified atom stereocenters. The Hall–Kier alpha value is -1.67. The van der Waals surface area contributed by atoms with Crippen LogP contribution in [-0.2, 0) is 17.6 Å². The van der Waals surface area contributed by atoms with Crippen molar-refractivity contribution >= 4 is 17.3 Å². The summed E-state index contributed by atoms with van der Waals surface area (Å²) in [6.45, 7) is 3.62. The minimum absolute atomic E-state index is 0.0559. The van der Waals surface area contributed by atoms with Crippen molar-refractivity contribution in [1.82, 2.24) is 10.3 Å². The van der Waals surface area contributed by atoms with Crippen LogP contribution in [0, 0.1) is 5.21 Å². The van der Waals surface area contributed by atoms with Crippen molar-refractivity contribution in [2.75, 3.05) is 38.6 Å². The van der Waals surface area contributed by atoms with E-state index in [1.165, 1.54) is 24.0 Å². The molecule has 2 aliphatic heterocycles. The van der Waals surface area contributed by atoms with Crippen LogP contribution in [0.2, 0.25) is 0 Å². The largest absolute Gasteiger partial charge is 0.603 e. The average Bonchev–Trinajstić information content (AvgIpc) is 3.08. The molecule has 2 heterocycles. The highest BCUT2D eigenvalue weighted by Gasteiger charge is 2.24. The van der Waals surface area contributed by atoms with Gasteiger partial charge in [0, 0.05) is 26.3 Å². The van der Waals surface area contributed by atoms with Gasteiger partial charge in [-0.05, 0) is 55.8 Å². The number of quaternary nitrogens is 1. The van der Waals surface area contributed by atoms with E-state index in [-0.39, 0.29) is 5.17 Å². The molecule has 0 amide bonds. The maximum atomic E-state index is 12.4. The number of methoxy groups -OCH3 is 1. The number of rotatable bonds is 4.